The van der Waals surface area contributed by atoms with E-state index in [0.29, 0.717) is 17.1 Å². The van der Waals surface area contributed by atoms with Gasteiger partial charge in [-0.1, -0.05) is 32.9 Å². The minimum Gasteiger partial charge on any atom is -0.490 e. The Balaban J connectivity index is 1.90. The summed E-state index contributed by atoms with van der Waals surface area (Å²) in [6, 6.07) is 11.8. The molecule has 2 aromatic carbocycles. The summed E-state index contributed by atoms with van der Waals surface area (Å²) in [5, 5.41) is 0. The maximum atomic E-state index is 12.8. The number of hydrogen-bond acceptors (Lipinski definition) is 4. The average Bonchev–Trinajstić information content (AvgIpc) is 2.72. The van der Waals surface area contributed by atoms with Crippen molar-refractivity contribution < 1.29 is 17.9 Å². The van der Waals surface area contributed by atoms with Crippen molar-refractivity contribution in [2.45, 2.75) is 44.9 Å². The van der Waals surface area contributed by atoms with Crippen LogP contribution in [0.15, 0.2) is 47.4 Å². The highest BCUT2D eigenvalue weighted by Gasteiger charge is 2.36. The lowest BCUT2D eigenvalue weighted by Crippen LogP contribution is -2.39. The minimum absolute atomic E-state index is 0.0579. The summed E-state index contributed by atoms with van der Waals surface area (Å²) >= 11 is 0. The topological polar surface area (TPSA) is 75.7 Å². The normalized spacial score (nSPS) is 16.6. The number of nitrogens with zero attached hydrogens (tertiary/aromatic N) is 1. The molecule has 1 aliphatic heterocycles. The van der Waals surface area contributed by atoms with E-state index in [9.17, 15) is 13.2 Å². The number of carbonyl (C=O) groups is 1. The highest BCUT2D eigenvalue weighted by Crippen LogP contribution is 2.37. The van der Waals surface area contributed by atoms with E-state index in [0.717, 1.165) is 5.56 Å². The molecule has 0 spiro atoms. The van der Waals surface area contributed by atoms with Gasteiger partial charge in [-0.15, -0.1) is 0 Å². The SMILES string of the molecule is CN1C(=O)C(C)(C)COc2ccc(NS(=O)(=O)c3ccc(C(C)(C)C)cc3)cc21. The molecule has 0 unspecified atom stereocenters. The van der Waals surface area contributed by atoms with Gasteiger partial charge in [-0.05, 0) is 55.2 Å². The second kappa shape index (κ2) is 7.06. The van der Waals surface area contributed by atoms with Crippen LogP contribution in [0.5, 0.6) is 5.75 Å². The molecule has 0 fully saturated rings. The molecule has 29 heavy (non-hydrogen) atoms. The third kappa shape index (κ3) is 4.24. The number of rotatable bonds is 3. The first-order valence-corrected chi connectivity index (χ1v) is 11.0. The van der Waals surface area contributed by atoms with Crippen LogP contribution in [0.25, 0.3) is 0 Å². The van der Waals surface area contributed by atoms with Crippen LogP contribution in [0, 0.1) is 5.41 Å². The van der Waals surface area contributed by atoms with Crippen molar-refractivity contribution in [3.63, 3.8) is 0 Å². The highest BCUT2D eigenvalue weighted by molar-refractivity contribution is 7.92. The van der Waals surface area contributed by atoms with Crippen molar-refractivity contribution >= 4 is 27.3 Å². The summed E-state index contributed by atoms with van der Waals surface area (Å²) in [4.78, 5) is 14.4. The van der Waals surface area contributed by atoms with Crippen LogP contribution < -0.4 is 14.4 Å². The molecule has 2 aromatic rings. The van der Waals surface area contributed by atoms with E-state index in [-0.39, 0.29) is 22.8 Å². The molecule has 0 radical (unpaired) electrons. The van der Waals surface area contributed by atoms with Crippen LogP contribution in [-0.4, -0.2) is 28.0 Å². The van der Waals surface area contributed by atoms with Crippen molar-refractivity contribution in [3.8, 4) is 5.75 Å². The fourth-order valence-electron chi connectivity index (χ4n) is 3.20. The third-order valence-corrected chi connectivity index (χ3v) is 6.47. The zero-order valence-corrected chi connectivity index (χ0v) is 18.6. The Bertz CT molecular complexity index is 1040. The predicted octanol–water partition coefficient (Wildman–Crippen LogP) is 4.17. The van der Waals surface area contributed by atoms with E-state index in [4.69, 9.17) is 4.74 Å². The molecule has 1 aliphatic rings. The lowest BCUT2D eigenvalue weighted by Gasteiger charge is -2.24. The van der Waals surface area contributed by atoms with Gasteiger partial charge in [0.2, 0.25) is 5.91 Å². The van der Waals surface area contributed by atoms with Gasteiger partial charge < -0.3 is 9.64 Å². The molecule has 0 aromatic heterocycles. The second-order valence-electron chi connectivity index (χ2n) is 9.10. The number of anilines is 2. The van der Waals surface area contributed by atoms with Gasteiger partial charge in [-0.3, -0.25) is 9.52 Å². The van der Waals surface area contributed by atoms with Gasteiger partial charge in [0.1, 0.15) is 12.4 Å². The number of carbonyl (C=O) groups excluding carboxylic acids is 1. The first-order chi connectivity index (χ1) is 13.3. The fraction of sp³-hybridized carbons (Fsp3) is 0.409. The van der Waals surface area contributed by atoms with E-state index >= 15 is 0 Å². The first kappa shape index (κ1) is 21.2. The molecule has 1 heterocycles. The third-order valence-electron chi connectivity index (χ3n) is 5.08. The largest absolute Gasteiger partial charge is 0.490 e. The average molecular weight is 417 g/mol. The molecule has 0 saturated carbocycles. The summed E-state index contributed by atoms with van der Waals surface area (Å²) in [5.74, 6) is 0.456. The Hall–Kier alpha value is -2.54. The molecular weight excluding hydrogens is 388 g/mol. The smallest absolute Gasteiger partial charge is 0.261 e. The van der Waals surface area contributed by atoms with Crippen molar-refractivity contribution in [2.75, 3.05) is 23.3 Å². The standard InChI is InChI=1S/C22H28N2O4S/c1-21(2,3)15-7-10-17(11-8-15)29(26,27)23-16-9-12-19-18(13-16)24(6)20(25)22(4,5)14-28-19/h7-13,23H,14H2,1-6H3. The first-order valence-electron chi connectivity index (χ1n) is 9.50. The van der Waals surface area contributed by atoms with Crippen LogP contribution in [0.1, 0.15) is 40.2 Å². The number of ether oxygens (including phenoxy) is 1. The van der Waals surface area contributed by atoms with Gasteiger partial charge in [-0.2, -0.15) is 0 Å². The van der Waals surface area contributed by atoms with E-state index < -0.39 is 15.4 Å². The van der Waals surface area contributed by atoms with E-state index in [1.165, 1.54) is 4.90 Å². The van der Waals surface area contributed by atoms with Crippen molar-refractivity contribution in [1.29, 1.82) is 0 Å². The van der Waals surface area contributed by atoms with Crippen LogP contribution in [-0.2, 0) is 20.2 Å². The van der Waals surface area contributed by atoms with Gasteiger partial charge in [0.25, 0.3) is 10.0 Å². The fourth-order valence-corrected chi connectivity index (χ4v) is 4.25. The number of amides is 1. The summed E-state index contributed by atoms with van der Waals surface area (Å²) in [7, 11) is -2.09. The number of benzene rings is 2. The number of nitrogens with one attached hydrogen (secondary N) is 1. The molecule has 3 rings (SSSR count). The Morgan fingerprint density at radius 2 is 1.69 bits per heavy atom. The molecule has 7 heteroatoms. The maximum absolute atomic E-state index is 12.8. The Kier molecular flexibility index (Phi) is 5.15. The monoisotopic (exact) mass is 416 g/mol. The van der Waals surface area contributed by atoms with Crippen LogP contribution in [0.2, 0.25) is 0 Å². The minimum atomic E-state index is -3.76. The molecular formula is C22H28N2O4S. The quantitative estimate of drug-likeness (QED) is 0.815. The Labute approximate surface area is 172 Å². The van der Waals surface area contributed by atoms with Crippen molar-refractivity contribution in [3.05, 3.63) is 48.0 Å². The van der Waals surface area contributed by atoms with Gasteiger partial charge in [-0.25, -0.2) is 8.42 Å². The summed E-state index contributed by atoms with van der Waals surface area (Å²) < 4.78 is 34.0. The van der Waals surface area contributed by atoms with Gasteiger partial charge in [0.15, 0.2) is 0 Å². The zero-order valence-electron chi connectivity index (χ0n) is 17.7. The second-order valence-corrected chi connectivity index (χ2v) is 10.8. The Morgan fingerprint density at radius 3 is 2.28 bits per heavy atom. The highest BCUT2D eigenvalue weighted by atomic mass is 32.2. The van der Waals surface area contributed by atoms with Crippen LogP contribution >= 0.6 is 0 Å². The molecule has 1 amide bonds. The van der Waals surface area contributed by atoms with E-state index in [1.807, 2.05) is 26.0 Å². The number of hydrogen-bond donors (Lipinski definition) is 1. The predicted molar refractivity (Wildman–Crippen MR) is 115 cm³/mol. The van der Waals surface area contributed by atoms with Gasteiger partial charge >= 0.3 is 0 Å². The molecule has 156 valence electrons. The lowest BCUT2D eigenvalue weighted by molar-refractivity contribution is -0.127. The number of fused-ring (bicyclic) bond motifs is 1. The van der Waals surface area contributed by atoms with Crippen LogP contribution in [0.4, 0.5) is 11.4 Å². The van der Waals surface area contributed by atoms with Crippen LogP contribution in [0.3, 0.4) is 0 Å². The Morgan fingerprint density at radius 1 is 1.07 bits per heavy atom. The molecule has 6 nitrogen and oxygen atoms in total. The molecule has 0 aliphatic carbocycles. The summed E-state index contributed by atoms with van der Waals surface area (Å²) in [6.45, 7) is 10.1. The summed E-state index contributed by atoms with van der Waals surface area (Å²) in [5.41, 5.74) is 1.23. The van der Waals surface area contributed by atoms with Gasteiger partial charge in [0.05, 0.1) is 21.7 Å². The molecule has 0 bridgehead atoms. The summed E-state index contributed by atoms with van der Waals surface area (Å²) in [6.07, 6.45) is 0. The van der Waals surface area contributed by atoms with E-state index in [1.54, 1.807) is 37.4 Å². The van der Waals surface area contributed by atoms with Gasteiger partial charge in [0, 0.05) is 7.05 Å². The van der Waals surface area contributed by atoms with Crippen molar-refractivity contribution in [1.82, 2.24) is 0 Å². The maximum Gasteiger partial charge on any atom is 0.261 e. The van der Waals surface area contributed by atoms with Crippen molar-refractivity contribution in [2.24, 2.45) is 5.41 Å². The molecule has 1 N–H and O–H groups in total. The molecule has 0 saturated heterocycles. The number of sulfonamides is 1. The lowest BCUT2D eigenvalue weighted by atomic mass is 9.87. The zero-order chi connectivity index (χ0) is 21.6. The van der Waals surface area contributed by atoms with E-state index in [2.05, 4.69) is 25.5 Å². The molecule has 0 atom stereocenters.